The summed E-state index contributed by atoms with van der Waals surface area (Å²) in [6.07, 6.45) is 1.44. The minimum Gasteiger partial charge on any atom is -0.324 e. The van der Waals surface area contributed by atoms with E-state index in [0.29, 0.717) is 20.9 Å². The zero-order chi connectivity index (χ0) is 20.5. The average Bonchev–Trinajstić information content (AvgIpc) is 3.16. The highest BCUT2D eigenvalue weighted by atomic mass is 35.5. The fraction of sp³-hybridized carbons (Fsp3) is 0.136. The van der Waals surface area contributed by atoms with Crippen LogP contribution in [0.1, 0.15) is 18.5 Å². The number of carbonyl (C=O) groups excluding carboxylic acids is 1. The Bertz CT molecular complexity index is 1260. The smallest absolute Gasteiger partial charge is 0.262 e. The summed E-state index contributed by atoms with van der Waals surface area (Å²) >= 11 is 7.48. The summed E-state index contributed by atoms with van der Waals surface area (Å²) in [5.74, 6) is -0.308. The largest absolute Gasteiger partial charge is 0.324 e. The molecule has 2 aromatic carbocycles. The molecule has 1 amide bonds. The Balaban J connectivity index is 1.66. The van der Waals surface area contributed by atoms with Crippen molar-refractivity contribution < 1.29 is 4.79 Å². The van der Waals surface area contributed by atoms with E-state index in [-0.39, 0.29) is 11.5 Å². The number of carbonyl (C=O) groups is 1. The van der Waals surface area contributed by atoms with E-state index in [2.05, 4.69) is 10.3 Å². The molecular weight excluding hydrogens is 406 g/mol. The van der Waals surface area contributed by atoms with E-state index in [9.17, 15) is 9.59 Å². The molecular formula is C22H18ClN3O2S. The quantitative estimate of drug-likeness (QED) is 0.485. The maximum atomic E-state index is 13.0. The van der Waals surface area contributed by atoms with Crippen molar-refractivity contribution >= 4 is 44.7 Å². The molecule has 0 bridgehead atoms. The molecule has 4 aromatic rings. The van der Waals surface area contributed by atoms with Crippen LogP contribution >= 0.6 is 22.9 Å². The van der Waals surface area contributed by atoms with E-state index < -0.39 is 6.04 Å². The molecule has 2 aromatic heterocycles. The molecule has 5 nitrogen and oxygen atoms in total. The number of nitrogens with zero attached hydrogens (tertiary/aromatic N) is 2. The topological polar surface area (TPSA) is 64.0 Å². The van der Waals surface area contributed by atoms with Gasteiger partial charge >= 0.3 is 0 Å². The van der Waals surface area contributed by atoms with Crippen molar-refractivity contribution in [3.05, 3.63) is 81.9 Å². The second-order valence-corrected chi connectivity index (χ2v) is 8.24. The highest BCUT2D eigenvalue weighted by molar-refractivity contribution is 7.21. The van der Waals surface area contributed by atoms with Crippen LogP contribution in [0.15, 0.2) is 65.7 Å². The number of hydrogen-bond donors (Lipinski definition) is 1. The van der Waals surface area contributed by atoms with E-state index >= 15 is 0 Å². The number of fused-ring (bicyclic) bond motifs is 1. The minimum absolute atomic E-state index is 0.237. The molecule has 1 atom stereocenters. The lowest BCUT2D eigenvalue weighted by atomic mass is 10.2. The molecule has 0 aliphatic carbocycles. The van der Waals surface area contributed by atoms with E-state index in [1.807, 2.05) is 49.4 Å². The first-order valence-corrected chi connectivity index (χ1v) is 10.3. The Morgan fingerprint density at radius 2 is 1.93 bits per heavy atom. The summed E-state index contributed by atoms with van der Waals surface area (Å²) in [6, 6.07) is 16.2. The zero-order valence-electron chi connectivity index (χ0n) is 15.8. The Morgan fingerprint density at radius 3 is 2.69 bits per heavy atom. The molecule has 0 aliphatic heterocycles. The number of rotatable bonds is 4. The molecule has 29 heavy (non-hydrogen) atoms. The van der Waals surface area contributed by atoms with Crippen LogP contribution in [-0.2, 0) is 4.79 Å². The summed E-state index contributed by atoms with van der Waals surface area (Å²) in [6.45, 7) is 3.56. The Kier molecular flexibility index (Phi) is 5.22. The summed E-state index contributed by atoms with van der Waals surface area (Å²) in [7, 11) is 0. The number of halogens is 1. The number of amides is 1. The molecule has 146 valence electrons. The van der Waals surface area contributed by atoms with Crippen molar-refractivity contribution in [3.63, 3.8) is 0 Å². The first kappa shape index (κ1) is 19.4. The molecule has 0 radical (unpaired) electrons. The standard InChI is InChI=1S/C22H18ClN3O2S/c1-13-8-9-16(23)10-18(13)25-20(27)14(2)26-12-24-21-17(22(26)28)11-19(29-21)15-6-4-3-5-7-15/h3-12,14H,1-2H3,(H,25,27). The van der Waals surface area contributed by atoms with Crippen LogP contribution in [0, 0.1) is 6.92 Å². The molecule has 1 N–H and O–H groups in total. The van der Waals surface area contributed by atoms with Crippen LogP contribution in [0.25, 0.3) is 20.7 Å². The second-order valence-electron chi connectivity index (χ2n) is 6.78. The highest BCUT2D eigenvalue weighted by Crippen LogP contribution is 2.30. The predicted molar refractivity (Wildman–Crippen MR) is 119 cm³/mol. The van der Waals surface area contributed by atoms with Gasteiger partial charge in [0.05, 0.1) is 11.7 Å². The van der Waals surface area contributed by atoms with Crippen molar-refractivity contribution in [1.29, 1.82) is 0 Å². The normalized spacial score (nSPS) is 12.1. The van der Waals surface area contributed by atoms with Gasteiger partial charge in [0.2, 0.25) is 5.91 Å². The van der Waals surface area contributed by atoms with Crippen LogP contribution in [0.4, 0.5) is 5.69 Å². The average molecular weight is 424 g/mol. The van der Waals surface area contributed by atoms with Gasteiger partial charge in [-0.15, -0.1) is 11.3 Å². The first-order chi connectivity index (χ1) is 13.9. The van der Waals surface area contributed by atoms with Gasteiger partial charge in [0.25, 0.3) is 5.56 Å². The van der Waals surface area contributed by atoms with Crippen molar-refractivity contribution in [1.82, 2.24) is 9.55 Å². The molecule has 4 rings (SSSR count). The van der Waals surface area contributed by atoms with Crippen molar-refractivity contribution in [2.24, 2.45) is 0 Å². The third kappa shape index (κ3) is 3.81. The minimum atomic E-state index is -0.724. The van der Waals surface area contributed by atoms with Crippen molar-refractivity contribution in [3.8, 4) is 10.4 Å². The van der Waals surface area contributed by atoms with Gasteiger partial charge in [-0.3, -0.25) is 14.2 Å². The van der Waals surface area contributed by atoms with Gasteiger partial charge in [0.15, 0.2) is 0 Å². The molecule has 0 spiro atoms. The first-order valence-electron chi connectivity index (χ1n) is 9.07. The van der Waals surface area contributed by atoms with E-state index in [1.165, 1.54) is 22.2 Å². The maximum absolute atomic E-state index is 13.0. The molecule has 0 saturated carbocycles. The number of aromatic nitrogens is 2. The van der Waals surface area contributed by atoms with Gasteiger partial charge in [-0.1, -0.05) is 48.0 Å². The summed E-state index contributed by atoms with van der Waals surface area (Å²) in [5.41, 5.74) is 2.31. The Morgan fingerprint density at radius 1 is 1.17 bits per heavy atom. The summed E-state index contributed by atoms with van der Waals surface area (Å²) < 4.78 is 1.36. The predicted octanol–water partition coefficient (Wildman–Crippen LogP) is 5.29. The SMILES string of the molecule is Cc1ccc(Cl)cc1NC(=O)C(C)n1cnc2sc(-c3ccccc3)cc2c1=O. The number of hydrogen-bond acceptors (Lipinski definition) is 4. The number of nitrogens with one attached hydrogen (secondary N) is 1. The van der Waals surface area contributed by atoms with Gasteiger partial charge in [0, 0.05) is 15.6 Å². The van der Waals surface area contributed by atoms with Crippen molar-refractivity contribution in [2.75, 3.05) is 5.32 Å². The lowest BCUT2D eigenvalue weighted by Gasteiger charge is -2.16. The van der Waals surface area contributed by atoms with Gasteiger partial charge < -0.3 is 5.32 Å². The highest BCUT2D eigenvalue weighted by Gasteiger charge is 2.20. The van der Waals surface area contributed by atoms with E-state index in [4.69, 9.17) is 11.6 Å². The molecule has 7 heteroatoms. The number of aryl methyl sites for hydroxylation is 1. The second kappa shape index (κ2) is 7.81. The van der Waals surface area contributed by atoms with Gasteiger partial charge in [-0.2, -0.15) is 0 Å². The summed E-state index contributed by atoms with van der Waals surface area (Å²) in [4.78, 5) is 31.8. The van der Waals surface area contributed by atoms with E-state index in [1.54, 1.807) is 19.1 Å². The third-order valence-electron chi connectivity index (χ3n) is 4.79. The van der Waals surface area contributed by atoms with Crippen LogP contribution < -0.4 is 10.9 Å². The van der Waals surface area contributed by atoms with Gasteiger partial charge in [-0.05, 0) is 43.2 Å². The Hall–Kier alpha value is -2.96. The summed E-state index contributed by atoms with van der Waals surface area (Å²) in [5, 5.41) is 3.89. The lowest BCUT2D eigenvalue weighted by molar-refractivity contribution is -0.118. The fourth-order valence-electron chi connectivity index (χ4n) is 3.05. The fourth-order valence-corrected chi connectivity index (χ4v) is 4.22. The zero-order valence-corrected chi connectivity index (χ0v) is 17.4. The van der Waals surface area contributed by atoms with Crippen molar-refractivity contribution in [2.45, 2.75) is 19.9 Å². The molecule has 2 heterocycles. The maximum Gasteiger partial charge on any atom is 0.262 e. The van der Waals surface area contributed by atoms with Crippen LogP contribution in [-0.4, -0.2) is 15.5 Å². The number of benzene rings is 2. The lowest BCUT2D eigenvalue weighted by Crippen LogP contribution is -2.31. The Labute approximate surface area is 176 Å². The monoisotopic (exact) mass is 423 g/mol. The van der Waals surface area contributed by atoms with E-state index in [0.717, 1.165) is 16.0 Å². The number of thiophene rings is 1. The van der Waals surface area contributed by atoms with Crippen LogP contribution in [0.2, 0.25) is 5.02 Å². The molecule has 0 aliphatic rings. The molecule has 0 fully saturated rings. The third-order valence-corrected chi connectivity index (χ3v) is 6.12. The molecule has 1 unspecified atom stereocenters. The van der Waals surface area contributed by atoms with Gasteiger partial charge in [0.1, 0.15) is 10.9 Å². The van der Waals surface area contributed by atoms with Gasteiger partial charge in [-0.25, -0.2) is 4.98 Å². The number of anilines is 1. The van der Waals surface area contributed by atoms with Crippen LogP contribution in [0.3, 0.4) is 0 Å². The molecule has 0 saturated heterocycles. The van der Waals surface area contributed by atoms with Crippen LogP contribution in [0.5, 0.6) is 0 Å².